The van der Waals surface area contributed by atoms with E-state index >= 15 is 0 Å². The summed E-state index contributed by atoms with van der Waals surface area (Å²) in [6.07, 6.45) is -3.55. The standard InChI is InChI=1S/C32H38N2O11/c1-5-6-10-33-31(41)34-18-11-21(44-14(2)26(18)36)45-20-13-32(42,15(3)35)12-17-23(20)30(40)25-24(28(17)38)27(37)16-8-7-9-19(43-4)22(16)29(25)39/h7-9,14,18,20-21,26,36,38,40,42H,5-6,10-13H2,1-4H3,(H2,33,34,41)/t14-,18-,20-,21-,26+,32-/m0/s1. The van der Waals surface area contributed by atoms with Crippen LogP contribution in [-0.2, 0) is 20.7 Å². The van der Waals surface area contributed by atoms with Crippen LogP contribution in [0.2, 0.25) is 0 Å². The summed E-state index contributed by atoms with van der Waals surface area (Å²) in [7, 11) is 1.33. The van der Waals surface area contributed by atoms with Crippen molar-refractivity contribution >= 4 is 23.4 Å². The summed E-state index contributed by atoms with van der Waals surface area (Å²) in [4.78, 5) is 52.6. The van der Waals surface area contributed by atoms with Gasteiger partial charge in [0.1, 0.15) is 29.0 Å². The number of nitrogens with one attached hydrogen (secondary N) is 2. The molecule has 0 aromatic heterocycles. The van der Waals surface area contributed by atoms with Crippen LogP contribution >= 0.6 is 0 Å². The molecule has 0 radical (unpaired) electrons. The molecule has 2 aromatic carbocycles. The van der Waals surface area contributed by atoms with Gasteiger partial charge >= 0.3 is 6.03 Å². The lowest BCUT2D eigenvalue weighted by atomic mass is 9.72. The molecule has 242 valence electrons. The fraction of sp³-hybridized carbons (Fsp3) is 0.500. The van der Waals surface area contributed by atoms with E-state index in [1.807, 2.05) is 6.92 Å². The zero-order valence-corrected chi connectivity index (χ0v) is 25.5. The normalized spacial score (nSPS) is 27.2. The van der Waals surface area contributed by atoms with E-state index in [1.54, 1.807) is 6.92 Å². The van der Waals surface area contributed by atoms with Crippen molar-refractivity contribution in [3.63, 3.8) is 0 Å². The fourth-order valence-electron chi connectivity index (χ4n) is 6.37. The molecule has 2 aromatic rings. The molecule has 13 heteroatoms. The Kier molecular flexibility index (Phi) is 8.91. The van der Waals surface area contributed by atoms with Gasteiger partial charge in [0.2, 0.25) is 5.78 Å². The number of aliphatic hydroxyl groups excluding tert-OH is 1. The number of unbranched alkanes of at least 4 members (excludes halogenated alkanes) is 1. The predicted octanol–water partition coefficient (Wildman–Crippen LogP) is 2.17. The van der Waals surface area contributed by atoms with Crippen LogP contribution in [0.15, 0.2) is 18.2 Å². The van der Waals surface area contributed by atoms with Crippen LogP contribution in [-0.4, -0.2) is 87.6 Å². The molecule has 5 rings (SSSR count). The lowest BCUT2D eigenvalue weighted by Crippen LogP contribution is -2.57. The van der Waals surface area contributed by atoms with Crippen LogP contribution < -0.4 is 15.4 Å². The molecule has 6 N–H and O–H groups in total. The van der Waals surface area contributed by atoms with Crippen LogP contribution in [0.5, 0.6) is 17.2 Å². The van der Waals surface area contributed by atoms with E-state index in [9.17, 15) is 39.6 Å². The van der Waals surface area contributed by atoms with Crippen molar-refractivity contribution in [2.45, 2.75) is 89.1 Å². The Labute approximate surface area is 259 Å². The maximum atomic E-state index is 13.8. The summed E-state index contributed by atoms with van der Waals surface area (Å²) in [6.45, 7) is 5.18. The number of Topliss-reactive ketones (excluding diaryl/α,β-unsaturated/α-hetero) is 1. The first-order valence-corrected chi connectivity index (χ1v) is 15.0. The van der Waals surface area contributed by atoms with Gasteiger partial charge in [-0.3, -0.25) is 14.4 Å². The van der Waals surface area contributed by atoms with Crippen molar-refractivity contribution in [3.05, 3.63) is 51.6 Å². The molecule has 1 fully saturated rings. The van der Waals surface area contributed by atoms with E-state index in [4.69, 9.17) is 14.2 Å². The second kappa shape index (κ2) is 12.4. The van der Waals surface area contributed by atoms with E-state index in [2.05, 4.69) is 10.6 Å². The molecule has 45 heavy (non-hydrogen) atoms. The molecule has 2 amide bonds. The number of fused-ring (bicyclic) bond motifs is 3. The van der Waals surface area contributed by atoms with Gasteiger partial charge in [0.05, 0.1) is 42.0 Å². The number of methoxy groups -OCH3 is 1. The minimum absolute atomic E-state index is 0.0348. The largest absolute Gasteiger partial charge is 0.507 e. The number of amides is 2. The number of hydrogen-bond donors (Lipinski definition) is 6. The number of aliphatic hydroxyl groups is 2. The number of phenolic OH excluding ortho intramolecular Hbond substituents is 2. The Hall–Kier alpha value is -4.04. The predicted molar refractivity (Wildman–Crippen MR) is 158 cm³/mol. The van der Waals surface area contributed by atoms with Gasteiger partial charge in [0, 0.05) is 42.5 Å². The van der Waals surface area contributed by atoms with Gasteiger partial charge in [0.15, 0.2) is 17.9 Å². The number of rotatable bonds is 8. The Morgan fingerprint density at radius 2 is 1.82 bits per heavy atom. The third kappa shape index (κ3) is 5.65. The zero-order valence-electron chi connectivity index (χ0n) is 25.5. The topological polar surface area (TPSA) is 201 Å². The van der Waals surface area contributed by atoms with E-state index in [0.29, 0.717) is 6.54 Å². The Morgan fingerprint density at radius 1 is 1.11 bits per heavy atom. The van der Waals surface area contributed by atoms with E-state index < -0.39 is 88.7 Å². The number of phenols is 2. The van der Waals surface area contributed by atoms with Crippen LogP contribution in [0.4, 0.5) is 4.79 Å². The van der Waals surface area contributed by atoms with Gasteiger partial charge in [0.25, 0.3) is 0 Å². The first-order chi connectivity index (χ1) is 21.3. The molecule has 1 saturated heterocycles. The van der Waals surface area contributed by atoms with Crippen LogP contribution in [0, 0.1) is 0 Å². The average molecular weight is 627 g/mol. The van der Waals surface area contributed by atoms with Gasteiger partial charge < -0.3 is 45.3 Å². The number of ketones is 3. The van der Waals surface area contributed by atoms with E-state index in [-0.39, 0.29) is 40.8 Å². The van der Waals surface area contributed by atoms with Crippen LogP contribution in [0.25, 0.3) is 0 Å². The number of hydrogen-bond acceptors (Lipinski definition) is 11. The van der Waals surface area contributed by atoms with Crippen molar-refractivity contribution in [3.8, 4) is 17.2 Å². The summed E-state index contributed by atoms with van der Waals surface area (Å²) in [5.74, 6) is -3.35. The highest BCUT2D eigenvalue weighted by molar-refractivity contribution is 6.31. The molecule has 0 unspecified atom stereocenters. The number of aromatic hydroxyl groups is 2. The summed E-state index contributed by atoms with van der Waals surface area (Å²) >= 11 is 0. The van der Waals surface area contributed by atoms with Gasteiger partial charge in [-0.25, -0.2) is 4.79 Å². The van der Waals surface area contributed by atoms with Crippen molar-refractivity contribution in [1.82, 2.24) is 10.6 Å². The fourth-order valence-corrected chi connectivity index (χ4v) is 6.37. The minimum atomic E-state index is -2.06. The highest BCUT2D eigenvalue weighted by Crippen LogP contribution is 2.52. The average Bonchev–Trinajstić information content (AvgIpc) is 2.99. The second-order valence-corrected chi connectivity index (χ2v) is 11.8. The van der Waals surface area contributed by atoms with Gasteiger partial charge in [-0.2, -0.15) is 0 Å². The first kappa shape index (κ1) is 32.4. The Morgan fingerprint density at radius 3 is 2.49 bits per heavy atom. The lowest BCUT2D eigenvalue weighted by Gasteiger charge is -2.42. The molecule has 1 aliphatic heterocycles. The molecule has 0 spiro atoms. The number of carbonyl (C=O) groups excluding carboxylic acids is 4. The SMILES string of the molecule is CCCCNC(=O)N[C@H]1C[C@H](O[C@H]2C[C@](O)(C(C)=O)Cc3c(O)c4c(c(O)c32)C(=O)c2c(OC)cccc2C4=O)O[C@@H](C)[C@H]1O. The second-order valence-electron chi connectivity index (χ2n) is 11.8. The Balaban J connectivity index is 1.54. The zero-order chi connectivity index (χ0) is 32.8. The van der Waals surface area contributed by atoms with Crippen molar-refractivity contribution in [1.29, 1.82) is 0 Å². The third-order valence-corrected chi connectivity index (χ3v) is 8.89. The molecular weight excluding hydrogens is 588 g/mol. The highest BCUT2D eigenvalue weighted by Gasteiger charge is 2.49. The Bertz CT molecular complexity index is 1560. The first-order valence-electron chi connectivity index (χ1n) is 15.0. The summed E-state index contributed by atoms with van der Waals surface area (Å²) in [5, 5.41) is 50.7. The summed E-state index contributed by atoms with van der Waals surface area (Å²) in [6, 6.07) is 3.12. The summed E-state index contributed by atoms with van der Waals surface area (Å²) in [5.41, 5.74) is -3.28. The molecule has 2 aliphatic carbocycles. The van der Waals surface area contributed by atoms with Crippen molar-refractivity contribution in [2.75, 3.05) is 13.7 Å². The van der Waals surface area contributed by atoms with Crippen molar-refractivity contribution in [2.24, 2.45) is 0 Å². The van der Waals surface area contributed by atoms with Crippen LogP contribution in [0.1, 0.15) is 95.5 Å². The molecular formula is C32H38N2O11. The molecule has 13 nitrogen and oxygen atoms in total. The number of ether oxygens (including phenoxy) is 3. The highest BCUT2D eigenvalue weighted by atomic mass is 16.7. The monoisotopic (exact) mass is 626 g/mol. The third-order valence-electron chi connectivity index (χ3n) is 8.89. The smallest absolute Gasteiger partial charge is 0.315 e. The van der Waals surface area contributed by atoms with Gasteiger partial charge in [-0.1, -0.05) is 25.5 Å². The summed E-state index contributed by atoms with van der Waals surface area (Å²) < 4.78 is 17.4. The molecule has 6 atom stereocenters. The quantitative estimate of drug-likeness (QED) is 0.158. The maximum absolute atomic E-state index is 13.8. The molecule has 0 saturated carbocycles. The molecule has 0 bridgehead atoms. The van der Waals surface area contributed by atoms with Crippen LogP contribution in [0.3, 0.4) is 0 Å². The molecule has 3 aliphatic rings. The minimum Gasteiger partial charge on any atom is -0.507 e. The van der Waals surface area contributed by atoms with Crippen molar-refractivity contribution < 1.29 is 53.8 Å². The number of urea groups is 1. The van der Waals surface area contributed by atoms with Gasteiger partial charge in [-0.15, -0.1) is 0 Å². The number of carbonyl (C=O) groups is 4. The maximum Gasteiger partial charge on any atom is 0.315 e. The van der Waals surface area contributed by atoms with Gasteiger partial charge in [-0.05, 0) is 26.3 Å². The lowest BCUT2D eigenvalue weighted by molar-refractivity contribution is -0.248. The molecule has 1 heterocycles. The van der Waals surface area contributed by atoms with E-state index in [0.717, 1.165) is 12.8 Å². The van der Waals surface area contributed by atoms with E-state index in [1.165, 1.54) is 32.2 Å². The number of benzene rings is 2.